The van der Waals surface area contributed by atoms with Crippen LogP contribution in [0.3, 0.4) is 0 Å². The van der Waals surface area contributed by atoms with Crippen LogP contribution in [0.4, 0.5) is 0 Å². The van der Waals surface area contributed by atoms with Crippen LogP contribution in [0.25, 0.3) is 10.8 Å². The zero-order valence-corrected chi connectivity index (χ0v) is 7.70. The lowest BCUT2D eigenvalue weighted by atomic mass is 10.1. The van der Waals surface area contributed by atoms with Crippen LogP contribution in [0, 0.1) is 0 Å². The fourth-order valence-corrected chi connectivity index (χ4v) is 1.98. The van der Waals surface area contributed by atoms with Crippen molar-refractivity contribution in [2.45, 2.75) is 0 Å². The van der Waals surface area contributed by atoms with Gasteiger partial charge in [0.1, 0.15) is 0 Å². The molecule has 0 saturated carbocycles. The van der Waals surface area contributed by atoms with Crippen molar-refractivity contribution in [1.82, 2.24) is 0 Å². The van der Waals surface area contributed by atoms with E-state index < -0.39 is 8.38 Å². The Kier molecular flexibility index (Phi) is 2.28. The highest BCUT2D eigenvalue weighted by atomic mass is 31.2. The largest absolute Gasteiger partial charge is 0.838 e. The minimum Gasteiger partial charge on any atom is -0.838 e. The maximum atomic E-state index is 10.9. The van der Waals surface area contributed by atoms with Gasteiger partial charge in [0.15, 0.2) is 0 Å². The van der Waals surface area contributed by atoms with Gasteiger partial charge >= 0.3 is 0 Å². The first-order chi connectivity index (χ1) is 6.29. The average molecular weight is 190 g/mol. The fraction of sp³-hybridized carbons (Fsp3) is 0. The van der Waals surface area contributed by atoms with Gasteiger partial charge in [0.2, 0.25) is 0 Å². The molecule has 0 saturated heterocycles. The van der Waals surface area contributed by atoms with E-state index in [9.17, 15) is 9.79 Å². The Morgan fingerprint density at radius 2 is 1.54 bits per heavy atom. The summed E-state index contributed by atoms with van der Waals surface area (Å²) in [5.74, 6) is 0. The second-order valence-electron chi connectivity index (χ2n) is 2.76. The molecule has 0 fully saturated rings. The average Bonchev–Trinajstić information content (AvgIpc) is 2.17. The van der Waals surface area contributed by atoms with Crippen LogP contribution in [0.5, 0.6) is 0 Å². The molecule has 2 aromatic rings. The normalized spacial score (nSPS) is 11.0. The van der Waals surface area contributed by atoms with Crippen molar-refractivity contribution in [3.05, 3.63) is 42.5 Å². The van der Waals surface area contributed by atoms with Gasteiger partial charge in [-0.25, -0.2) is 0 Å². The summed E-state index contributed by atoms with van der Waals surface area (Å²) >= 11 is 0. The Balaban J connectivity index is 2.76. The molecule has 0 amide bonds. The van der Waals surface area contributed by atoms with Gasteiger partial charge in [0, 0.05) is 0 Å². The molecule has 66 valence electrons. The van der Waals surface area contributed by atoms with Crippen LogP contribution in [-0.2, 0) is 0 Å². The van der Waals surface area contributed by atoms with Gasteiger partial charge in [-0.05, 0) is 16.1 Å². The number of fused-ring (bicyclic) bond motifs is 1. The number of rotatable bonds is 1. The van der Waals surface area contributed by atoms with E-state index in [0.29, 0.717) is 5.30 Å². The SMILES string of the molecule is [O-]P([O-])c1cccc2ccccc12. The number of hydrogen-bond acceptors (Lipinski definition) is 2. The molecule has 0 bridgehead atoms. The van der Waals surface area contributed by atoms with E-state index in [-0.39, 0.29) is 0 Å². The molecule has 13 heavy (non-hydrogen) atoms. The monoisotopic (exact) mass is 190 g/mol. The van der Waals surface area contributed by atoms with Gasteiger partial charge in [-0.1, -0.05) is 42.5 Å². The van der Waals surface area contributed by atoms with Crippen molar-refractivity contribution in [2.75, 3.05) is 0 Å². The third-order valence-corrected chi connectivity index (χ3v) is 2.75. The molecule has 0 aliphatic heterocycles. The second kappa shape index (κ2) is 3.43. The maximum absolute atomic E-state index is 10.9. The van der Waals surface area contributed by atoms with E-state index in [1.807, 2.05) is 30.3 Å². The van der Waals surface area contributed by atoms with Gasteiger partial charge in [-0.15, -0.1) is 0 Å². The Morgan fingerprint density at radius 1 is 0.846 bits per heavy atom. The van der Waals surface area contributed by atoms with Gasteiger partial charge < -0.3 is 9.79 Å². The molecule has 0 heterocycles. The predicted octanol–water partition coefficient (Wildman–Crippen LogP) is 0.498. The van der Waals surface area contributed by atoms with E-state index in [1.54, 1.807) is 12.1 Å². The molecular weight excluding hydrogens is 183 g/mol. The molecule has 0 unspecified atom stereocenters. The molecule has 0 N–H and O–H groups in total. The number of hydrogen-bond donors (Lipinski definition) is 0. The lowest BCUT2D eigenvalue weighted by Gasteiger charge is -2.32. The van der Waals surface area contributed by atoms with Crippen LogP contribution in [0.1, 0.15) is 0 Å². The standard InChI is InChI=1S/C10H7O2P/c11-13(12)10-7-3-5-8-4-1-2-6-9(8)10/h1-7H/q-2. The highest BCUT2D eigenvalue weighted by Gasteiger charge is 1.95. The van der Waals surface area contributed by atoms with Gasteiger partial charge in [-0.3, -0.25) is 8.38 Å². The molecule has 0 aliphatic carbocycles. The summed E-state index contributed by atoms with van der Waals surface area (Å²) in [6.45, 7) is 0. The van der Waals surface area contributed by atoms with Gasteiger partial charge in [0.25, 0.3) is 0 Å². The van der Waals surface area contributed by atoms with Gasteiger partial charge in [-0.2, -0.15) is 0 Å². The first-order valence-corrected chi connectivity index (χ1v) is 5.09. The third kappa shape index (κ3) is 1.56. The predicted molar refractivity (Wildman–Crippen MR) is 50.5 cm³/mol. The van der Waals surface area contributed by atoms with Crippen LogP contribution in [-0.4, -0.2) is 0 Å². The molecule has 0 aliphatic rings. The number of benzene rings is 2. The smallest absolute Gasteiger partial charge is 0.0132 e. The first-order valence-electron chi connectivity index (χ1n) is 3.91. The minimum atomic E-state index is -2.50. The lowest BCUT2D eigenvalue weighted by molar-refractivity contribution is -0.286. The first kappa shape index (κ1) is 8.64. The minimum absolute atomic E-state index is 0.396. The quantitative estimate of drug-likeness (QED) is 0.614. The van der Waals surface area contributed by atoms with Crippen LogP contribution < -0.4 is 15.1 Å². The highest BCUT2D eigenvalue weighted by molar-refractivity contribution is 7.51. The Hall–Kier alpha value is -0.950. The van der Waals surface area contributed by atoms with Crippen LogP contribution in [0.15, 0.2) is 42.5 Å². The van der Waals surface area contributed by atoms with Crippen molar-refractivity contribution >= 4 is 24.5 Å². The molecule has 0 aromatic heterocycles. The molecule has 2 aromatic carbocycles. The molecule has 0 atom stereocenters. The summed E-state index contributed by atoms with van der Waals surface area (Å²) in [6.07, 6.45) is 0. The topological polar surface area (TPSA) is 46.1 Å². The van der Waals surface area contributed by atoms with E-state index in [1.165, 1.54) is 0 Å². The Labute approximate surface area is 77.4 Å². The van der Waals surface area contributed by atoms with Crippen LogP contribution >= 0.6 is 8.38 Å². The van der Waals surface area contributed by atoms with Crippen LogP contribution in [0.2, 0.25) is 0 Å². The summed E-state index contributed by atoms with van der Waals surface area (Å²) in [4.78, 5) is 21.7. The summed E-state index contributed by atoms with van der Waals surface area (Å²) in [5, 5.41) is 2.15. The second-order valence-corrected chi connectivity index (χ2v) is 3.75. The van der Waals surface area contributed by atoms with Crippen molar-refractivity contribution in [2.24, 2.45) is 0 Å². The van der Waals surface area contributed by atoms with Crippen molar-refractivity contribution in [3.63, 3.8) is 0 Å². The third-order valence-electron chi connectivity index (χ3n) is 1.96. The van der Waals surface area contributed by atoms with Crippen molar-refractivity contribution < 1.29 is 9.79 Å². The highest BCUT2D eigenvalue weighted by Crippen LogP contribution is 2.20. The molecule has 0 spiro atoms. The van der Waals surface area contributed by atoms with E-state index in [2.05, 4.69) is 0 Å². The summed E-state index contributed by atoms with van der Waals surface area (Å²) in [7, 11) is -2.50. The molecule has 2 nitrogen and oxygen atoms in total. The zero-order chi connectivity index (χ0) is 9.26. The lowest BCUT2D eigenvalue weighted by Crippen LogP contribution is -2.20. The molecule has 0 radical (unpaired) electrons. The maximum Gasteiger partial charge on any atom is -0.0132 e. The summed E-state index contributed by atoms with van der Waals surface area (Å²) in [6, 6.07) is 12.7. The Morgan fingerprint density at radius 3 is 2.31 bits per heavy atom. The molecular formula is C10H7O2P-2. The van der Waals surface area contributed by atoms with Crippen molar-refractivity contribution in [1.29, 1.82) is 0 Å². The zero-order valence-electron chi connectivity index (χ0n) is 6.81. The molecule has 2 rings (SSSR count). The van der Waals surface area contributed by atoms with E-state index in [0.717, 1.165) is 10.8 Å². The Bertz CT molecular complexity index is 421. The van der Waals surface area contributed by atoms with Crippen molar-refractivity contribution in [3.8, 4) is 0 Å². The summed E-state index contributed by atoms with van der Waals surface area (Å²) < 4.78 is 0. The fourth-order valence-electron chi connectivity index (χ4n) is 1.37. The summed E-state index contributed by atoms with van der Waals surface area (Å²) in [5.41, 5.74) is 0. The van der Waals surface area contributed by atoms with E-state index in [4.69, 9.17) is 0 Å². The van der Waals surface area contributed by atoms with E-state index >= 15 is 0 Å². The molecule has 3 heteroatoms. The van der Waals surface area contributed by atoms with Gasteiger partial charge in [0.05, 0.1) is 0 Å².